The second-order valence-corrected chi connectivity index (χ2v) is 5.77. The fraction of sp³-hybridized carbons (Fsp3) is 0.294. The average molecular weight is 350 g/mol. The highest BCUT2D eigenvalue weighted by Gasteiger charge is 2.45. The van der Waals surface area contributed by atoms with Crippen LogP contribution in [-0.4, -0.2) is 34.5 Å². The number of hydrazine groups is 1. The number of benzene rings is 1. The van der Waals surface area contributed by atoms with Crippen molar-refractivity contribution in [2.24, 2.45) is 4.99 Å². The van der Waals surface area contributed by atoms with Gasteiger partial charge in [-0.2, -0.15) is 23.4 Å². The van der Waals surface area contributed by atoms with Gasteiger partial charge in [-0.25, -0.2) is 9.38 Å². The summed E-state index contributed by atoms with van der Waals surface area (Å²) in [6.45, 7) is 2.80. The summed E-state index contributed by atoms with van der Waals surface area (Å²) in [5, 5.41) is 11.7. The number of allylic oxidation sites excluding steroid dienone is 2. The van der Waals surface area contributed by atoms with Gasteiger partial charge in [-0.1, -0.05) is 12.1 Å². The number of aliphatic imine (C=N–C) groups is 1. The van der Waals surface area contributed by atoms with Crippen LogP contribution in [0.2, 0.25) is 0 Å². The van der Waals surface area contributed by atoms with Gasteiger partial charge in [-0.3, -0.25) is 5.01 Å². The van der Waals surface area contributed by atoms with Gasteiger partial charge in [-0.05, 0) is 32.1 Å². The maximum atomic E-state index is 13.8. The molecular formula is C17H14F4N4. The summed E-state index contributed by atoms with van der Waals surface area (Å²) in [4.78, 5) is 4.33. The van der Waals surface area contributed by atoms with E-state index in [1.54, 1.807) is 31.2 Å². The number of hydrogen-bond acceptors (Lipinski definition) is 4. The van der Waals surface area contributed by atoms with Crippen molar-refractivity contribution >= 4 is 5.71 Å². The van der Waals surface area contributed by atoms with Crippen molar-refractivity contribution in [3.63, 3.8) is 0 Å². The molecule has 1 aromatic carbocycles. The van der Waals surface area contributed by atoms with Crippen molar-refractivity contribution < 1.29 is 17.6 Å². The SMILES string of the molecule is CC1=CC(c2cccc(F)c2C#N)=NC2=CCN([C@@H](C)C(F)(F)F)N12. The fourth-order valence-corrected chi connectivity index (χ4v) is 2.86. The lowest BCUT2D eigenvalue weighted by Gasteiger charge is -2.38. The highest BCUT2D eigenvalue weighted by atomic mass is 19.4. The van der Waals surface area contributed by atoms with E-state index in [-0.39, 0.29) is 12.1 Å². The standard InChI is InChI=1S/C17H14F4N4/c1-10-8-15(12-4-3-5-14(18)13(12)9-22)23-16-6-7-24(25(10)16)11(2)17(19,20)21/h3-6,8,11H,7H2,1-2H3/t11-/m0/s1. The summed E-state index contributed by atoms with van der Waals surface area (Å²) in [7, 11) is 0. The Kier molecular flexibility index (Phi) is 4.13. The molecule has 2 aliphatic rings. The Balaban J connectivity index is 1.99. The van der Waals surface area contributed by atoms with Crippen LogP contribution in [0.25, 0.3) is 0 Å². The molecule has 0 saturated carbocycles. The number of nitrogens with zero attached hydrogens (tertiary/aromatic N) is 4. The van der Waals surface area contributed by atoms with E-state index in [1.807, 2.05) is 0 Å². The van der Waals surface area contributed by atoms with E-state index in [2.05, 4.69) is 4.99 Å². The highest BCUT2D eigenvalue weighted by Crippen LogP contribution is 2.34. The molecule has 0 fully saturated rings. The summed E-state index contributed by atoms with van der Waals surface area (Å²) < 4.78 is 53.0. The lowest BCUT2D eigenvalue weighted by molar-refractivity contribution is -0.201. The van der Waals surface area contributed by atoms with Crippen LogP contribution in [0.4, 0.5) is 17.6 Å². The Morgan fingerprint density at radius 3 is 2.68 bits per heavy atom. The minimum atomic E-state index is -4.37. The summed E-state index contributed by atoms with van der Waals surface area (Å²) in [6, 6.07) is 4.33. The van der Waals surface area contributed by atoms with Gasteiger partial charge >= 0.3 is 6.18 Å². The zero-order valence-electron chi connectivity index (χ0n) is 13.5. The maximum Gasteiger partial charge on any atom is 0.405 e. The van der Waals surface area contributed by atoms with Crippen LogP contribution >= 0.6 is 0 Å². The maximum absolute atomic E-state index is 13.8. The van der Waals surface area contributed by atoms with Crippen LogP contribution in [0.1, 0.15) is 25.0 Å². The Hall–Kier alpha value is -2.66. The smallest absolute Gasteiger partial charge is 0.261 e. The highest BCUT2D eigenvalue weighted by molar-refractivity contribution is 6.11. The lowest BCUT2D eigenvalue weighted by Crippen LogP contribution is -2.49. The fourth-order valence-electron chi connectivity index (χ4n) is 2.86. The number of nitriles is 1. The van der Waals surface area contributed by atoms with Gasteiger partial charge in [0.25, 0.3) is 0 Å². The van der Waals surface area contributed by atoms with Crippen molar-refractivity contribution in [3.8, 4) is 6.07 Å². The number of halogens is 4. The zero-order valence-corrected chi connectivity index (χ0v) is 13.5. The monoisotopic (exact) mass is 350 g/mol. The van der Waals surface area contributed by atoms with Gasteiger partial charge in [-0.15, -0.1) is 0 Å². The minimum Gasteiger partial charge on any atom is -0.261 e. The summed E-state index contributed by atoms with van der Waals surface area (Å²) >= 11 is 0. The number of fused-ring (bicyclic) bond motifs is 1. The predicted molar refractivity (Wildman–Crippen MR) is 83.6 cm³/mol. The van der Waals surface area contributed by atoms with E-state index >= 15 is 0 Å². The molecule has 1 aromatic rings. The normalized spacial score (nSPS) is 18.9. The van der Waals surface area contributed by atoms with Crippen molar-refractivity contribution in [1.82, 2.24) is 10.0 Å². The van der Waals surface area contributed by atoms with Crippen LogP contribution in [0, 0.1) is 17.1 Å². The predicted octanol–water partition coefficient (Wildman–Crippen LogP) is 3.73. The molecule has 2 aliphatic heterocycles. The number of rotatable bonds is 2. The molecule has 0 saturated heterocycles. The van der Waals surface area contributed by atoms with E-state index in [0.717, 1.165) is 11.9 Å². The lowest BCUT2D eigenvalue weighted by atomic mass is 10.0. The molecule has 0 bridgehead atoms. The van der Waals surface area contributed by atoms with Gasteiger partial charge in [0.15, 0.2) is 0 Å². The van der Waals surface area contributed by atoms with Crippen LogP contribution in [0.3, 0.4) is 0 Å². The molecule has 0 aliphatic carbocycles. The average Bonchev–Trinajstić information content (AvgIpc) is 2.97. The van der Waals surface area contributed by atoms with E-state index in [1.165, 1.54) is 17.1 Å². The topological polar surface area (TPSA) is 42.6 Å². The third-order valence-electron chi connectivity index (χ3n) is 4.17. The first-order valence-corrected chi connectivity index (χ1v) is 7.53. The quantitative estimate of drug-likeness (QED) is 0.764. The van der Waals surface area contributed by atoms with Gasteiger partial charge in [0, 0.05) is 17.8 Å². The van der Waals surface area contributed by atoms with E-state index in [0.29, 0.717) is 22.8 Å². The summed E-state index contributed by atoms with van der Waals surface area (Å²) in [6.07, 6.45) is -1.25. The van der Waals surface area contributed by atoms with Crippen molar-refractivity contribution in [2.45, 2.75) is 26.1 Å². The van der Waals surface area contributed by atoms with E-state index in [4.69, 9.17) is 5.26 Å². The van der Waals surface area contributed by atoms with Gasteiger partial charge < -0.3 is 0 Å². The summed E-state index contributed by atoms with van der Waals surface area (Å²) in [5.41, 5.74) is 1.03. The Morgan fingerprint density at radius 2 is 2.04 bits per heavy atom. The van der Waals surface area contributed by atoms with Crippen LogP contribution < -0.4 is 0 Å². The van der Waals surface area contributed by atoms with E-state index in [9.17, 15) is 17.6 Å². The first-order valence-electron chi connectivity index (χ1n) is 7.53. The molecule has 0 N–H and O–H groups in total. The van der Waals surface area contributed by atoms with Crippen LogP contribution in [0.15, 0.2) is 46.9 Å². The Morgan fingerprint density at radius 1 is 1.32 bits per heavy atom. The largest absolute Gasteiger partial charge is 0.405 e. The Labute approximate surface area is 141 Å². The molecule has 3 rings (SSSR count). The molecule has 8 heteroatoms. The number of alkyl halides is 3. The minimum absolute atomic E-state index is 0.0617. The first kappa shape index (κ1) is 17.2. The van der Waals surface area contributed by atoms with Crippen LogP contribution in [0.5, 0.6) is 0 Å². The molecular weight excluding hydrogens is 336 g/mol. The molecule has 1 atom stereocenters. The van der Waals surface area contributed by atoms with Gasteiger partial charge in [0.1, 0.15) is 23.7 Å². The molecule has 4 nitrogen and oxygen atoms in total. The molecule has 25 heavy (non-hydrogen) atoms. The third-order valence-corrected chi connectivity index (χ3v) is 4.17. The van der Waals surface area contributed by atoms with Crippen molar-refractivity contribution in [1.29, 1.82) is 5.26 Å². The summed E-state index contributed by atoms with van der Waals surface area (Å²) in [5.74, 6) is -0.330. The molecule has 0 aromatic heterocycles. The second-order valence-electron chi connectivity index (χ2n) is 5.77. The molecule has 0 unspecified atom stereocenters. The van der Waals surface area contributed by atoms with Gasteiger partial charge in [0.2, 0.25) is 0 Å². The van der Waals surface area contributed by atoms with Crippen molar-refractivity contribution in [2.75, 3.05) is 6.54 Å². The number of hydrogen-bond donors (Lipinski definition) is 0. The molecule has 130 valence electrons. The van der Waals surface area contributed by atoms with Gasteiger partial charge in [0.05, 0.1) is 11.3 Å². The van der Waals surface area contributed by atoms with Crippen molar-refractivity contribution in [3.05, 3.63) is 58.8 Å². The Bertz CT molecular complexity index is 845. The molecule has 2 heterocycles. The van der Waals surface area contributed by atoms with E-state index < -0.39 is 18.0 Å². The third kappa shape index (κ3) is 2.91. The van der Waals surface area contributed by atoms with Crippen LogP contribution in [-0.2, 0) is 0 Å². The molecule has 0 radical (unpaired) electrons. The molecule has 0 amide bonds. The molecule has 0 spiro atoms. The second kappa shape index (κ2) is 6.01. The zero-order chi connectivity index (χ0) is 18.4. The first-order chi connectivity index (χ1) is 11.7.